The van der Waals surface area contributed by atoms with Crippen molar-refractivity contribution < 1.29 is 0 Å². The molecule has 0 radical (unpaired) electrons. The number of likely N-dealkylation sites (tertiary alicyclic amines) is 1. The molecule has 2 heteroatoms. The SMILES string of the molecule is CCN1CCCC1CNCC(C)c1ccccc1. The van der Waals surface area contributed by atoms with E-state index >= 15 is 0 Å². The van der Waals surface area contributed by atoms with Gasteiger partial charge in [-0.25, -0.2) is 0 Å². The number of hydrogen-bond acceptors (Lipinski definition) is 2. The van der Waals surface area contributed by atoms with Crippen LogP contribution in [0.2, 0.25) is 0 Å². The van der Waals surface area contributed by atoms with Crippen LogP contribution < -0.4 is 5.32 Å². The Kier molecular flexibility index (Phi) is 5.21. The molecule has 1 aliphatic rings. The summed E-state index contributed by atoms with van der Waals surface area (Å²) in [5, 5.41) is 3.65. The zero-order valence-corrected chi connectivity index (χ0v) is 11.7. The highest BCUT2D eigenvalue weighted by molar-refractivity contribution is 5.18. The lowest BCUT2D eigenvalue weighted by Crippen LogP contribution is -2.38. The topological polar surface area (TPSA) is 15.3 Å². The van der Waals surface area contributed by atoms with E-state index in [2.05, 4.69) is 54.4 Å². The summed E-state index contributed by atoms with van der Waals surface area (Å²) in [6, 6.07) is 11.5. The van der Waals surface area contributed by atoms with Crippen LogP contribution in [0.15, 0.2) is 30.3 Å². The molecule has 1 aromatic carbocycles. The van der Waals surface area contributed by atoms with Gasteiger partial charge in [0.15, 0.2) is 0 Å². The third-order valence-electron chi connectivity index (χ3n) is 4.10. The van der Waals surface area contributed by atoms with Gasteiger partial charge < -0.3 is 5.32 Å². The third-order valence-corrected chi connectivity index (χ3v) is 4.10. The maximum Gasteiger partial charge on any atom is 0.0221 e. The molecule has 0 amide bonds. The molecular formula is C16H26N2. The Balaban J connectivity index is 1.72. The molecule has 1 saturated heterocycles. The zero-order valence-electron chi connectivity index (χ0n) is 11.7. The van der Waals surface area contributed by atoms with Gasteiger partial charge in [0.1, 0.15) is 0 Å². The van der Waals surface area contributed by atoms with Gasteiger partial charge in [-0.1, -0.05) is 44.2 Å². The minimum atomic E-state index is 0.600. The Hall–Kier alpha value is -0.860. The Morgan fingerprint density at radius 2 is 2.11 bits per heavy atom. The fourth-order valence-electron chi connectivity index (χ4n) is 2.91. The first kappa shape index (κ1) is 13.6. The van der Waals surface area contributed by atoms with Crippen LogP contribution in [0.1, 0.15) is 38.2 Å². The van der Waals surface area contributed by atoms with Crippen molar-refractivity contribution in [3.8, 4) is 0 Å². The van der Waals surface area contributed by atoms with Crippen molar-refractivity contribution in [2.24, 2.45) is 0 Å². The molecule has 0 aliphatic carbocycles. The van der Waals surface area contributed by atoms with Gasteiger partial charge in [-0.3, -0.25) is 4.90 Å². The molecule has 0 saturated carbocycles. The van der Waals surface area contributed by atoms with E-state index in [1.165, 1.54) is 31.5 Å². The molecule has 1 fully saturated rings. The maximum atomic E-state index is 3.65. The summed E-state index contributed by atoms with van der Waals surface area (Å²) in [5.41, 5.74) is 1.43. The molecular weight excluding hydrogens is 220 g/mol. The van der Waals surface area contributed by atoms with E-state index in [-0.39, 0.29) is 0 Å². The van der Waals surface area contributed by atoms with E-state index in [0.717, 1.165) is 19.1 Å². The molecule has 1 N–H and O–H groups in total. The van der Waals surface area contributed by atoms with Crippen LogP contribution in [-0.2, 0) is 0 Å². The number of likely N-dealkylation sites (N-methyl/N-ethyl adjacent to an activating group) is 1. The van der Waals surface area contributed by atoms with Crippen LogP contribution in [0.25, 0.3) is 0 Å². The summed E-state index contributed by atoms with van der Waals surface area (Å²) in [6.07, 6.45) is 2.73. The lowest BCUT2D eigenvalue weighted by molar-refractivity contribution is 0.259. The number of nitrogens with zero attached hydrogens (tertiary/aromatic N) is 1. The van der Waals surface area contributed by atoms with E-state index in [0.29, 0.717) is 5.92 Å². The first-order valence-corrected chi connectivity index (χ1v) is 7.31. The van der Waals surface area contributed by atoms with Gasteiger partial charge in [-0.15, -0.1) is 0 Å². The molecule has 2 atom stereocenters. The standard InChI is InChI=1S/C16H26N2/c1-3-18-11-7-10-16(18)13-17-12-14(2)15-8-5-4-6-9-15/h4-6,8-9,14,16-17H,3,7,10-13H2,1-2H3. The van der Waals surface area contributed by atoms with Crippen molar-refractivity contribution in [2.75, 3.05) is 26.2 Å². The number of benzene rings is 1. The Morgan fingerprint density at radius 3 is 2.83 bits per heavy atom. The molecule has 1 aromatic rings. The molecule has 0 bridgehead atoms. The monoisotopic (exact) mass is 246 g/mol. The molecule has 0 spiro atoms. The van der Waals surface area contributed by atoms with Crippen LogP contribution in [0.5, 0.6) is 0 Å². The average Bonchev–Trinajstić information content (AvgIpc) is 2.87. The largest absolute Gasteiger partial charge is 0.315 e. The fraction of sp³-hybridized carbons (Fsp3) is 0.625. The van der Waals surface area contributed by atoms with E-state index in [1.54, 1.807) is 0 Å². The van der Waals surface area contributed by atoms with Crippen LogP contribution in [0.3, 0.4) is 0 Å². The molecule has 1 aliphatic heterocycles. The van der Waals surface area contributed by atoms with Crippen LogP contribution in [0, 0.1) is 0 Å². The van der Waals surface area contributed by atoms with Crippen molar-refractivity contribution in [1.29, 1.82) is 0 Å². The summed E-state index contributed by atoms with van der Waals surface area (Å²) < 4.78 is 0. The highest BCUT2D eigenvalue weighted by Gasteiger charge is 2.22. The first-order valence-electron chi connectivity index (χ1n) is 7.31. The van der Waals surface area contributed by atoms with Crippen molar-refractivity contribution in [2.45, 2.75) is 38.6 Å². The van der Waals surface area contributed by atoms with Gasteiger partial charge in [-0.05, 0) is 37.4 Å². The van der Waals surface area contributed by atoms with Crippen LogP contribution in [-0.4, -0.2) is 37.1 Å². The predicted molar refractivity (Wildman–Crippen MR) is 78.0 cm³/mol. The van der Waals surface area contributed by atoms with Crippen molar-refractivity contribution in [3.63, 3.8) is 0 Å². The zero-order chi connectivity index (χ0) is 12.8. The van der Waals surface area contributed by atoms with Gasteiger partial charge in [-0.2, -0.15) is 0 Å². The quantitative estimate of drug-likeness (QED) is 0.830. The van der Waals surface area contributed by atoms with E-state index < -0.39 is 0 Å². The van der Waals surface area contributed by atoms with E-state index in [9.17, 15) is 0 Å². The highest BCUT2D eigenvalue weighted by atomic mass is 15.2. The summed E-state index contributed by atoms with van der Waals surface area (Å²) in [5.74, 6) is 0.600. The van der Waals surface area contributed by atoms with Gasteiger partial charge >= 0.3 is 0 Å². The summed E-state index contributed by atoms with van der Waals surface area (Å²) in [6.45, 7) is 9.28. The van der Waals surface area contributed by atoms with E-state index in [1.807, 2.05) is 0 Å². The Labute approximate surface area is 111 Å². The van der Waals surface area contributed by atoms with Crippen molar-refractivity contribution in [1.82, 2.24) is 10.2 Å². The normalized spacial score (nSPS) is 22.2. The van der Waals surface area contributed by atoms with Gasteiger partial charge in [0.05, 0.1) is 0 Å². The summed E-state index contributed by atoms with van der Waals surface area (Å²) in [4.78, 5) is 2.60. The molecule has 2 nitrogen and oxygen atoms in total. The van der Waals surface area contributed by atoms with Crippen molar-refractivity contribution >= 4 is 0 Å². The number of nitrogens with one attached hydrogen (secondary N) is 1. The fourth-order valence-corrected chi connectivity index (χ4v) is 2.91. The second-order valence-electron chi connectivity index (χ2n) is 5.39. The van der Waals surface area contributed by atoms with Gasteiger partial charge in [0, 0.05) is 19.1 Å². The average molecular weight is 246 g/mol. The lowest BCUT2D eigenvalue weighted by atomic mass is 10.0. The van der Waals surface area contributed by atoms with Gasteiger partial charge in [0.25, 0.3) is 0 Å². The minimum absolute atomic E-state index is 0.600. The third kappa shape index (κ3) is 3.56. The highest BCUT2D eigenvalue weighted by Crippen LogP contribution is 2.16. The van der Waals surface area contributed by atoms with Crippen LogP contribution >= 0.6 is 0 Å². The van der Waals surface area contributed by atoms with Gasteiger partial charge in [0.2, 0.25) is 0 Å². The summed E-state index contributed by atoms with van der Waals surface area (Å²) in [7, 11) is 0. The minimum Gasteiger partial charge on any atom is -0.315 e. The molecule has 1 heterocycles. The maximum absolute atomic E-state index is 3.65. The second-order valence-corrected chi connectivity index (χ2v) is 5.39. The number of rotatable bonds is 6. The van der Waals surface area contributed by atoms with Crippen molar-refractivity contribution in [3.05, 3.63) is 35.9 Å². The Bertz CT molecular complexity index is 336. The Morgan fingerprint density at radius 1 is 1.33 bits per heavy atom. The molecule has 2 rings (SSSR count). The lowest BCUT2D eigenvalue weighted by Gasteiger charge is -2.24. The van der Waals surface area contributed by atoms with Crippen LogP contribution in [0.4, 0.5) is 0 Å². The number of hydrogen-bond donors (Lipinski definition) is 1. The first-order chi connectivity index (χ1) is 8.81. The summed E-state index contributed by atoms with van der Waals surface area (Å²) >= 11 is 0. The molecule has 2 unspecified atom stereocenters. The van der Waals surface area contributed by atoms with E-state index in [4.69, 9.17) is 0 Å². The smallest absolute Gasteiger partial charge is 0.0221 e. The second kappa shape index (κ2) is 6.91. The molecule has 0 aromatic heterocycles. The molecule has 18 heavy (non-hydrogen) atoms. The molecule has 100 valence electrons. The predicted octanol–water partition coefficient (Wildman–Crippen LogP) is 2.86.